The van der Waals surface area contributed by atoms with E-state index in [0.29, 0.717) is 12.8 Å². The van der Waals surface area contributed by atoms with Gasteiger partial charge < -0.3 is 9.84 Å². The largest absolute Gasteiger partial charge is 0.481 e. The van der Waals surface area contributed by atoms with Crippen molar-refractivity contribution in [3.05, 3.63) is 12.7 Å². The van der Waals surface area contributed by atoms with E-state index in [-0.39, 0.29) is 12.4 Å². The Morgan fingerprint density at radius 2 is 1.34 bits per heavy atom. The summed E-state index contributed by atoms with van der Waals surface area (Å²) in [4.78, 5) is 23.1. The van der Waals surface area contributed by atoms with Crippen LogP contribution >= 0.6 is 0 Å². The van der Waals surface area contributed by atoms with E-state index in [1.54, 1.807) is 0 Å². The first-order valence-corrected chi connectivity index (χ1v) is 12.1. The molecule has 4 nitrogen and oxygen atoms in total. The summed E-state index contributed by atoms with van der Waals surface area (Å²) in [7, 11) is 0. The Balaban J connectivity index is 3.75. The SMILES string of the molecule is C=CCCCCCCCCCCC(=O)OC(CCCCCCCCC)CC(=O)O. The topological polar surface area (TPSA) is 63.6 Å². The quantitative estimate of drug-likeness (QED) is 0.113. The second kappa shape index (κ2) is 21.4. The summed E-state index contributed by atoms with van der Waals surface area (Å²) in [6, 6.07) is 0. The zero-order chi connectivity index (χ0) is 21.6. The van der Waals surface area contributed by atoms with Crippen LogP contribution in [0.1, 0.15) is 129 Å². The van der Waals surface area contributed by atoms with Crippen molar-refractivity contribution in [3.63, 3.8) is 0 Å². The van der Waals surface area contributed by atoms with E-state index >= 15 is 0 Å². The Morgan fingerprint density at radius 1 is 0.828 bits per heavy atom. The normalized spacial score (nSPS) is 11.9. The van der Waals surface area contributed by atoms with Gasteiger partial charge in [-0.25, -0.2) is 0 Å². The number of hydrogen-bond donors (Lipinski definition) is 1. The van der Waals surface area contributed by atoms with Crippen molar-refractivity contribution in [1.82, 2.24) is 0 Å². The summed E-state index contributed by atoms with van der Waals surface area (Å²) in [6.45, 7) is 5.94. The second-order valence-electron chi connectivity index (χ2n) is 8.28. The maximum absolute atomic E-state index is 12.1. The molecule has 0 spiro atoms. The van der Waals surface area contributed by atoms with Gasteiger partial charge in [0.05, 0.1) is 6.42 Å². The van der Waals surface area contributed by atoms with Crippen LogP contribution in [-0.4, -0.2) is 23.1 Å². The molecule has 0 saturated heterocycles. The van der Waals surface area contributed by atoms with Crippen LogP contribution in [0.4, 0.5) is 0 Å². The summed E-state index contributed by atoms with van der Waals surface area (Å²) < 4.78 is 5.46. The van der Waals surface area contributed by atoms with Crippen molar-refractivity contribution in [1.29, 1.82) is 0 Å². The molecule has 4 heteroatoms. The molecule has 0 aliphatic heterocycles. The third kappa shape index (κ3) is 21.2. The van der Waals surface area contributed by atoms with Crippen molar-refractivity contribution in [3.8, 4) is 0 Å². The Hall–Kier alpha value is -1.32. The van der Waals surface area contributed by atoms with Crippen LogP contribution < -0.4 is 0 Å². The van der Waals surface area contributed by atoms with E-state index < -0.39 is 12.1 Å². The lowest BCUT2D eigenvalue weighted by Crippen LogP contribution is -2.21. The minimum absolute atomic E-state index is 0.0760. The number of allylic oxidation sites excluding steroid dienone is 1. The molecule has 0 aromatic heterocycles. The molecule has 1 atom stereocenters. The molecule has 0 radical (unpaired) electrons. The van der Waals surface area contributed by atoms with Crippen LogP contribution in [-0.2, 0) is 14.3 Å². The van der Waals surface area contributed by atoms with E-state index in [2.05, 4.69) is 13.5 Å². The van der Waals surface area contributed by atoms with Gasteiger partial charge in [-0.05, 0) is 32.1 Å². The molecule has 1 unspecified atom stereocenters. The number of carbonyl (C=O) groups is 2. The monoisotopic (exact) mass is 410 g/mol. The van der Waals surface area contributed by atoms with Gasteiger partial charge in [-0.15, -0.1) is 6.58 Å². The smallest absolute Gasteiger partial charge is 0.307 e. The highest BCUT2D eigenvalue weighted by Crippen LogP contribution is 2.15. The zero-order valence-electron chi connectivity index (χ0n) is 19.0. The highest BCUT2D eigenvalue weighted by atomic mass is 16.5. The van der Waals surface area contributed by atoms with E-state index in [0.717, 1.165) is 38.5 Å². The summed E-state index contributed by atoms with van der Waals surface area (Å²) in [6.07, 6.45) is 21.2. The van der Waals surface area contributed by atoms with E-state index in [1.807, 2.05) is 6.08 Å². The van der Waals surface area contributed by atoms with E-state index in [1.165, 1.54) is 64.2 Å². The molecule has 0 aliphatic carbocycles. The van der Waals surface area contributed by atoms with Crippen LogP contribution in [0, 0.1) is 0 Å². The van der Waals surface area contributed by atoms with Crippen molar-refractivity contribution >= 4 is 11.9 Å². The number of carbonyl (C=O) groups excluding carboxylic acids is 1. The molecule has 0 bridgehead atoms. The highest BCUT2D eigenvalue weighted by molar-refractivity contribution is 5.71. The van der Waals surface area contributed by atoms with E-state index in [9.17, 15) is 9.59 Å². The lowest BCUT2D eigenvalue weighted by molar-refractivity contribution is -0.153. The number of hydrogen-bond acceptors (Lipinski definition) is 3. The third-order valence-corrected chi connectivity index (χ3v) is 5.37. The molecule has 0 aromatic rings. The number of aliphatic carboxylic acids is 1. The molecular formula is C25H46O4. The van der Waals surface area contributed by atoms with Crippen LogP contribution in [0.5, 0.6) is 0 Å². The van der Waals surface area contributed by atoms with Gasteiger partial charge in [-0.3, -0.25) is 9.59 Å². The fourth-order valence-electron chi connectivity index (χ4n) is 3.59. The van der Waals surface area contributed by atoms with Gasteiger partial charge in [-0.1, -0.05) is 90.0 Å². The number of rotatable bonds is 22. The molecule has 0 rings (SSSR count). The second-order valence-corrected chi connectivity index (χ2v) is 8.28. The van der Waals surface area contributed by atoms with Crippen molar-refractivity contribution in [2.24, 2.45) is 0 Å². The first-order chi connectivity index (χ1) is 14.1. The fourth-order valence-corrected chi connectivity index (χ4v) is 3.59. The maximum atomic E-state index is 12.1. The van der Waals surface area contributed by atoms with Crippen LogP contribution in [0.15, 0.2) is 12.7 Å². The number of ether oxygens (including phenoxy) is 1. The molecule has 0 saturated carbocycles. The predicted molar refractivity (Wildman–Crippen MR) is 121 cm³/mol. The number of carboxylic acid groups (broad SMARTS) is 1. The molecule has 170 valence electrons. The summed E-state index contributed by atoms with van der Waals surface area (Å²) in [5, 5.41) is 9.07. The van der Waals surface area contributed by atoms with Crippen LogP contribution in [0.3, 0.4) is 0 Å². The van der Waals surface area contributed by atoms with Gasteiger partial charge >= 0.3 is 11.9 Å². The van der Waals surface area contributed by atoms with Gasteiger partial charge in [0.1, 0.15) is 6.10 Å². The van der Waals surface area contributed by atoms with Gasteiger partial charge in [-0.2, -0.15) is 0 Å². The lowest BCUT2D eigenvalue weighted by atomic mass is 10.0. The Morgan fingerprint density at radius 3 is 1.90 bits per heavy atom. The Kier molecular flexibility index (Phi) is 20.4. The molecule has 0 aromatic carbocycles. The van der Waals surface area contributed by atoms with Crippen molar-refractivity contribution < 1.29 is 19.4 Å². The molecular weight excluding hydrogens is 364 g/mol. The first-order valence-electron chi connectivity index (χ1n) is 12.1. The summed E-state index contributed by atoms with van der Waals surface area (Å²) in [5.74, 6) is -1.12. The number of unbranched alkanes of at least 4 members (excludes halogenated alkanes) is 14. The minimum atomic E-state index is -0.890. The average Bonchev–Trinajstić information content (AvgIpc) is 2.68. The van der Waals surface area contributed by atoms with Crippen molar-refractivity contribution in [2.45, 2.75) is 135 Å². The zero-order valence-corrected chi connectivity index (χ0v) is 19.0. The maximum Gasteiger partial charge on any atom is 0.307 e. The van der Waals surface area contributed by atoms with Gasteiger partial charge in [0.2, 0.25) is 0 Å². The molecule has 0 aliphatic rings. The Bertz CT molecular complexity index is 406. The van der Waals surface area contributed by atoms with E-state index in [4.69, 9.17) is 9.84 Å². The van der Waals surface area contributed by atoms with Gasteiger partial charge in [0.25, 0.3) is 0 Å². The number of carboxylic acids is 1. The minimum Gasteiger partial charge on any atom is -0.481 e. The Labute approximate surface area is 179 Å². The van der Waals surface area contributed by atoms with Gasteiger partial charge in [0, 0.05) is 6.42 Å². The van der Waals surface area contributed by atoms with Gasteiger partial charge in [0.15, 0.2) is 0 Å². The summed E-state index contributed by atoms with van der Waals surface area (Å²) in [5.41, 5.74) is 0. The molecule has 0 amide bonds. The fraction of sp³-hybridized carbons (Fsp3) is 0.840. The predicted octanol–water partition coefficient (Wildman–Crippen LogP) is 7.60. The van der Waals surface area contributed by atoms with Crippen LogP contribution in [0.2, 0.25) is 0 Å². The number of esters is 1. The van der Waals surface area contributed by atoms with Crippen LogP contribution in [0.25, 0.3) is 0 Å². The summed E-state index contributed by atoms with van der Waals surface area (Å²) >= 11 is 0. The van der Waals surface area contributed by atoms with Crippen molar-refractivity contribution in [2.75, 3.05) is 0 Å². The molecule has 29 heavy (non-hydrogen) atoms. The first kappa shape index (κ1) is 27.7. The molecule has 0 fully saturated rings. The molecule has 1 N–H and O–H groups in total. The average molecular weight is 411 g/mol. The lowest BCUT2D eigenvalue weighted by Gasteiger charge is -2.16. The standard InChI is InChI=1S/C25H46O4/c1-3-5-7-9-11-12-13-15-17-19-21-25(28)29-23(22-24(26)27)20-18-16-14-10-8-6-4-2/h3,23H,1,4-22H2,2H3,(H,26,27). The molecule has 0 heterocycles. The third-order valence-electron chi connectivity index (χ3n) is 5.37. The highest BCUT2D eigenvalue weighted by Gasteiger charge is 2.17.